The third-order valence-corrected chi connectivity index (χ3v) is 1.61. The van der Waals surface area contributed by atoms with Crippen LogP contribution in [0.4, 0.5) is 0 Å². The van der Waals surface area contributed by atoms with E-state index < -0.39 is 18.0 Å². The second kappa shape index (κ2) is 7.43. The molecule has 0 aliphatic rings. The van der Waals surface area contributed by atoms with Crippen molar-refractivity contribution in [3.63, 3.8) is 0 Å². The third kappa shape index (κ3) is 8.01. The summed E-state index contributed by atoms with van der Waals surface area (Å²) >= 11 is 0. The van der Waals surface area contributed by atoms with Crippen molar-refractivity contribution < 1.29 is 29.0 Å². The van der Waals surface area contributed by atoms with Gasteiger partial charge in [-0.15, -0.1) is 0 Å². The Kier molecular flexibility index (Phi) is 6.62. The van der Waals surface area contributed by atoms with Gasteiger partial charge in [0.1, 0.15) is 12.7 Å². The fraction of sp³-hybridized carbons (Fsp3) is 0.545. The summed E-state index contributed by atoms with van der Waals surface area (Å²) in [5.41, 5.74) is 0. The number of aliphatic carboxylic acids is 1. The van der Waals surface area contributed by atoms with E-state index in [1.165, 1.54) is 0 Å². The summed E-state index contributed by atoms with van der Waals surface area (Å²) in [6.07, 6.45) is 0.849. The molecule has 1 N–H and O–H groups in total. The molecule has 0 saturated carbocycles. The molecule has 0 radical (unpaired) electrons. The van der Waals surface area contributed by atoms with Gasteiger partial charge in [-0.25, -0.2) is 9.59 Å². The quantitative estimate of drug-likeness (QED) is 0.548. The first-order valence-corrected chi connectivity index (χ1v) is 5.11. The topological polar surface area (TPSA) is 89.9 Å². The Morgan fingerprint density at radius 1 is 1.18 bits per heavy atom. The van der Waals surface area contributed by atoms with Crippen LogP contribution in [-0.4, -0.2) is 35.7 Å². The molecule has 0 spiro atoms. The monoisotopic (exact) mass is 244 g/mol. The summed E-state index contributed by atoms with van der Waals surface area (Å²) < 4.78 is 9.60. The number of ether oxygens (including phenoxy) is 2. The minimum absolute atomic E-state index is 0.0519. The zero-order valence-corrected chi connectivity index (χ0v) is 10.0. The van der Waals surface area contributed by atoms with Crippen molar-refractivity contribution in [2.75, 3.05) is 6.61 Å². The van der Waals surface area contributed by atoms with Crippen molar-refractivity contribution in [3.8, 4) is 0 Å². The fourth-order valence-electron chi connectivity index (χ4n) is 0.777. The predicted molar refractivity (Wildman–Crippen MR) is 58.1 cm³/mol. The van der Waals surface area contributed by atoms with Crippen LogP contribution in [0.3, 0.4) is 0 Å². The number of rotatable bonds is 6. The largest absolute Gasteiger partial charge is 0.478 e. The normalized spacial score (nSPS) is 12.5. The zero-order valence-electron chi connectivity index (χ0n) is 10.0. The van der Waals surface area contributed by atoms with Crippen LogP contribution >= 0.6 is 0 Å². The average Bonchev–Trinajstić information content (AvgIpc) is 2.22. The van der Waals surface area contributed by atoms with Crippen LogP contribution in [0.2, 0.25) is 0 Å². The van der Waals surface area contributed by atoms with Crippen molar-refractivity contribution in [2.45, 2.75) is 26.9 Å². The van der Waals surface area contributed by atoms with Crippen molar-refractivity contribution >= 4 is 17.9 Å². The molecule has 0 saturated heterocycles. The maximum atomic E-state index is 11.1. The van der Waals surface area contributed by atoms with E-state index >= 15 is 0 Å². The number of carboxylic acid groups (broad SMARTS) is 1. The molecule has 1 atom stereocenters. The highest BCUT2D eigenvalue weighted by Crippen LogP contribution is 1.99. The Morgan fingerprint density at radius 3 is 2.24 bits per heavy atom. The van der Waals surface area contributed by atoms with Gasteiger partial charge >= 0.3 is 17.9 Å². The molecule has 0 bridgehead atoms. The molecule has 0 amide bonds. The number of carbonyl (C=O) groups excluding carboxylic acids is 2. The molecule has 0 aliphatic heterocycles. The summed E-state index contributed by atoms with van der Waals surface area (Å²) in [6, 6.07) is 0. The van der Waals surface area contributed by atoms with Crippen LogP contribution in [0, 0.1) is 5.92 Å². The van der Waals surface area contributed by atoms with Crippen LogP contribution in [0.15, 0.2) is 12.2 Å². The summed E-state index contributed by atoms with van der Waals surface area (Å²) in [6.45, 7) is 4.87. The van der Waals surface area contributed by atoms with Gasteiger partial charge in [0.25, 0.3) is 0 Å². The Hall–Kier alpha value is -1.85. The van der Waals surface area contributed by atoms with Crippen LogP contribution in [-0.2, 0) is 23.9 Å². The number of esters is 2. The smallest absolute Gasteiger partial charge is 0.331 e. The van der Waals surface area contributed by atoms with E-state index in [1.54, 1.807) is 20.8 Å². The lowest BCUT2D eigenvalue weighted by Gasteiger charge is -2.13. The lowest BCUT2D eigenvalue weighted by atomic mass is 10.2. The number of hydrogen-bond donors (Lipinski definition) is 1. The molecular weight excluding hydrogens is 228 g/mol. The molecule has 6 nitrogen and oxygen atoms in total. The second-order valence-electron chi connectivity index (χ2n) is 3.70. The van der Waals surface area contributed by atoms with Gasteiger partial charge in [-0.05, 0) is 6.92 Å². The second-order valence-corrected chi connectivity index (χ2v) is 3.70. The maximum absolute atomic E-state index is 11.1. The highest BCUT2D eigenvalue weighted by molar-refractivity contribution is 5.90. The van der Waals surface area contributed by atoms with Gasteiger partial charge in [-0.1, -0.05) is 13.8 Å². The lowest BCUT2D eigenvalue weighted by Crippen LogP contribution is -2.23. The Morgan fingerprint density at radius 2 is 1.76 bits per heavy atom. The summed E-state index contributed by atoms with van der Waals surface area (Å²) in [5.74, 6) is -2.65. The van der Waals surface area contributed by atoms with Crippen LogP contribution < -0.4 is 0 Å². The van der Waals surface area contributed by atoms with Gasteiger partial charge in [0.05, 0.1) is 5.92 Å². The van der Waals surface area contributed by atoms with Crippen molar-refractivity contribution in [1.29, 1.82) is 0 Å². The van der Waals surface area contributed by atoms with E-state index in [2.05, 4.69) is 0 Å². The van der Waals surface area contributed by atoms with E-state index in [4.69, 9.17) is 14.6 Å². The van der Waals surface area contributed by atoms with Crippen LogP contribution in [0.25, 0.3) is 0 Å². The maximum Gasteiger partial charge on any atom is 0.331 e. The molecular formula is C11H16O6. The van der Waals surface area contributed by atoms with Gasteiger partial charge in [-0.2, -0.15) is 0 Å². The number of carbonyl (C=O) groups is 3. The lowest BCUT2D eigenvalue weighted by molar-refractivity contribution is -0.156. The van der Waals surface area contributed by atoms with E-state index in [-0.39, 0.29) is 18.5 Å². The Labute approximate surface area is 99.2 Å². The first kappa shape index (κ1) is 15.2. The highest BCUT2D eigenvalue weighted by Gasteiger charge is 2.13. The van der Waals surface area contributed by atoms with E-state index in [1.807, 2.05) is 0 Å². The van der Waals surface area contributed by atoms with Crippen molar-refractivity contribution in [3.05, 3.63) is 12.2 Å². The minimum Gasteiger partial charge on any atom is -0.478 e. The Balaban J connectivity index is 3.94. The molecule has 0 aliphatic carbocycles. The molecule has 96 valence electrons. The third-order valence-electron chi connectivity index (χ3n) is 1.61. The van der Waals surface area contributed by atoms with Crippen molar-refractivity contribution in [2.24, 2.45) is 5.92 Å². The summed E-state index contributed by atoms with van der Waals surface area (Å²) in [4.78, 5) is 32.2. The van der Waals surface area contributed by atoms with Crippen molar-refractivity contribution in [1.82, 2.24) is 0 Å². The predicted octanol–water partition coefficient (Wildman–Crippen LogP) is 0.758. The minimum atomic E-state index is -1.24. The zero-order chi connectivity index (χ0) is 13.4. The fourth-order valence-corrected chi connectivity index (χ4v) is 0.777. The first-order valence-electron chi connectivity index (χ1n) is 5.11. The standard InChI is InChI=1S/C11H16O6/c1-7(2)11(15)16-6-8(3)17-10(14)5-4-9(12)13/h4-5,7-8H,6H2,1-3H3,(H,12,13)/b5-4+. The molecule has 0 aromatic rings. The molecule has 0 fully saturated rings. The van der Waals surface area contributed by atoms with Gasteiger partial charge in [0.2, 0.25) is 0 Å². The van der Waals surface area contributed by atoms with Gasteiger partial charge < -0.3 is 14.6 Å². The average molecular weight is 244 g/mol. The highest BCUT2D eigenvalue weighted by atomic mass is 16.6. The number of hydrogen-bond acceptors (Lipinski definition) is 5. The molecule has 0 heterocycles. The van der Waals surface area contributed by atoms with Crippen LogP contribution in [0.1, 0.15) is 20.8 Å². The molecule has 0 rings (SSSR count). The molecule has 1 unspecified atom stereocenters. The van der Waals surface area contributed by atoms with E-state index in [0.717, 1.165) is 6.08 Å². The summed E-state index contributed by atoms with van der Waals surface area (Å²) in [7, 11) is 0. The molecule has 0 aromatic heterocycles. The van der Waals surface area contributed by atoms with Crippen LogP contribution in [0.5, 0.6) is 0 Å². The molecule has 0 aromatic carbocycles. The molecule has 17 heavy (non-hydrogen) atoms. The Bertz CT molecular complexity index is 318. The SMILES string of the molecule is CC(COC(=O)C(C)C)OC(=O)/C=C/C(=O)O. The van der Waals surface area contributed by atoms with Gasteiger partial charge in [0.15, 0.2) is 0 Å². The number of carboxylic acids is 1. The summed E-state index contributed by atoms with van der Waals surface area (Å²) in [5, 5.41) is 8.27. The first-order chi connectivity index (χ1) is 7.82. The van der Waals surface area contributed by atoms with E-state index in [9.17, 15) is 14.4 Å². The van der Waals surface area contributed by atoms with Gasteiger partial charge in [-0.3, -0.25) is 4.79 Å². The van der Waals surface area contributed by atoms with Gasteiger partial charge in [0, 0.05) is 12.2 Å². The molecule has 6 heteroatoms. The van der Waals surface area contributed by atoms with E-state index in [0.29, 0.717) is 6.08 Å².